The van der Waals surface area contributed by atoms with Crippen molar-refractivity contribution in [3.63, 3.8) is 0 Å². The lowest BCUT2D eigenvalue weighted by molar-refractivity contribution is 0.317. The normalized spacial score (nSPS) is 10.7. The standard InChI is InChI=1S/C25H29NO/c1-3-5-6-7-20-8-17-25(26-19-20)23-11-9-21(10-12-23)22-13-15-24(16-14-22)27-18-4-2/h8-17,19H,3-7,18H2,1-2H3. The molecule has 0 saturated heterocycles. The van der Waals surface area contributed by atoms with Crippen LogP contribution in [-0.4, -0.2) is 11.6 Å². The summed E-state index contributed by atoms with van der Waals surface area (Å²) in [6.07, 6.45) is 7.96. The van der Waals surface area contributed by atoms with Gasteiger partial charge in [0.15, 0.2) is 0 Å². The van der Waals surface area contributed by atoms with Gasteiger partial charge in [-0.3, -0.25) is 4.98 Å². The number of hydrogen-bond donors (Lipinski definition) is 0. The van der Waals surface area contributed by atoms with E-state index in [0.29, 0.717) is 0 Å². The first-order valence-corrected chi connectivity index (χ1v) is 10.1. The number of aromatic nitrogens is 1. The summed E-state index contributed by atoms with van der Waals surface area (Å²) >= 11 is 0. The van der Waals surface area contributed by atoms with E-state index in [0.717, 1.165) is 36.5 Å². The van der Waals surface area contributed by atoms with Gasteiger partial charge in [-0.1, -0.05) is 69.2 Å². The molecule has 2 heteroatoms. The molecule has 0 spiro atoms. The van der Waals surface area contributed by atoms with Gasteiger partial charge < -0.3 is 4.74 Å². The topological polar surface area (TPSA) is 22.1 Å². The number of nitrogens with zero attached hydrogens (tertiary/aromatic N) is 1. The van der Waals surface area contributed by atoms with Gasteiger partial charge in [0, 0.05) is 11.8 Å². The monoisotopic (exact) mass is 359 g/mol. The van der Waals surface area contributed by atoms with E-state index in [1.165, 1.54) is 36.0 Å². The van der Waals surface area contributed by atoms with E-state index in [1.54, 1.807) is 0 Å². The average molecular weight is 360 g/mol. The van der Waals surface area contributed by atoms with E-state index in [4.69, 9.17) is 4.74 Å². The summed E-state index contributed by atoms with van der Waals surface area (Å²) in [7, 11) is 0. The maximum Gasteiger partial charge on any atom is 0.119 e. The molecule has 1 heterocycles. The van der Waals surface area contributed by atoms with Gasteiger partial charge in [0.1, 0.15) is 5.75 Å². The van der Waals surface area contributed by atoms with Crippen molar-refractivity contribution >= 4 is 0 Å². The van der Waals surface area contributed by atoms with Crippen molar-refractivity contribution in [2.24, 2.45) is 0 Å². The molecule has 0 aliphatic carbocycles. The van der Waals surface area contributed by atoms with Crippen molar-refractivity contribution < 1.29 is 4.74 Å². The summed E-state index contributed by atoms with van der Waals surface area (Å²) in [5.74, 6) is 0.931. The van der Waals surface area contributed by atoms with Gasteiger partial charge in [-0.15, -0.1) is 0 Å². The van der Waals surface area contributed by atoms with Crippen LogP contribution in [-0.2, 0) is 6.42 Å². The number of benzene rings is 2. The minimum atomic E-state index is 0.762. The third-order valence-electron chi connectivity index (χ3n) is 4.73. The van der Waals surface area contributed by atoms with Gasteiger partial charge in [-0.25, -0.2) is 0 Å². The van der Waals surface area contributed by atoms with Crippen LogP contribution in [0.25, 0.3) is 22.4 Å². The van der Waals surface area contributed by atoms with Crippen LogP contribution in [0.3, 0.4) is 0 Å². The van der Waals surface area contributed by atoms with Crippen molar-refractivity contribution in [2.45, 2.75) is 46.0 Å². The van der Waals surface area contributed by atoms with Gasteiger partial charge in [-0.2, -0.15) is 0 Å². The molecule has 0 saturated carbocycles. The molecule has 0 N–H and O–H groups in total. The van der Waals surface area contributed by atoms with Crippen molar-refractivity contribution in [1.29, 1.82) is 0 Å². The van der Waals surface area contributed by atoms with Gasteiger partial charge in [0.25, 0.3) is 0 Å². The van der Waals surface area contributed by atoms with Crippen LogP contribution in [0.2, 0.25) is 0 Å². The van der Waals surface area contributed by atoms with Crippen LogP contribution in [0.4, 0.5) is 0 Å². The predicted molar refractivity (Wildman–Crippen MR) is 114 cm³/mol. The Kier molecular flexibility index (Phi) is 7.04. The summed E-state index contributed by atoms with van der Waals surface area (Å²) in [6, 6.07) is 21.3. The van der Waals surface area contributed by atoms with Gasteiger partial charge >= 0.3 is 0 Å². The van der Waals surface area contributed by atoms with Crippen LogP contribution < -0.4 is 4.74 Å². The molecule has 0 fully saturated rings. The van der Waals surface area contributed by atoms with E-state index in [-0.39, 0.29) is 0 Å². The minimum Gasteiger partial charge on any atom is -0.494 e. The Morgan fingerprint density at radius 3 is 1.96 bits per heavy atom. The molecule has 2 aromatic carbocycles. The molecule has 3 aromatic rings. The van der Waals surface area contributed by atoms with E-state index in [2.05, 4.69) is 67.4 Å². The van der Waals surface area contributed by atoms with Crippen LogP contribution in [0, 0.1) is 0 Å². The predicted octanol–water partition coefficient (Wildman–Crippen LogP) is 6.94. The summed E-state index contributed by atoms with van der Waals surface area (Å²) in [5.41, 5.74) is 5.92. The van der Waals surface area contributed by atoms with Crippen LogP contribution in [0.15, 0.2) is 66.9 Å². The first-order chi connectivity index (χ1) is 13.3. The van der Waals surface area contributed by atoms with Crippen molar-refractivity contribution in [2.75, 3.05) is 6.61 Å². The first kappa shape index (κ1) is 19.2. The summed E-state index contributed by atoms with van der Waals surface area (Å²) < 4.78 is 5.66. The van der Waals surface area contributed by atoms with Crippen LogP contribution in [0.5, 0.6) is 5.75 Å². The quantitative estimate of drug-likeness (QED) is 0.386. The highest BCUT2D eigenvalue weighted by Gasteiger charge is 2.03. The lowest BCUT2D eigenvalue weighted by Gasteiger charge is -2.08. The molecule has 140 valence electrons. The zero-order valence-electron chi connectivity index (χ0n) is 16.4. The molecule has 2 nitrogen and oxygen atoms in total. The molecule has 27 heavy (non-hydrogen) atoms. The lowest BCUT2D eigenvalue weighted by Crippen LogP contribution is -1.94. The maximum absolute atomic E-state index is 5.66. The Labute approximate surface area is 163 Å². The van der Waals surface area contributed by atoms with Crippen molar-refractivity contribution in [3.05, 3.63) is 72.4 Å². The lowest BCUT2D eigenvalue weighted by atomic mass is 10.0. The Balaban J connectivity index is 1.66. The Hall–Kier alpha value is -2.61. The van der Waals surface area contributed by atoms with Crippen LogP contribution in [0.1, 0.15) is 45.1 Å². The smallest absolute Gasteiger partial charge is 0.119 e. The van der Waals surface area contributed by atoms with Gasteiger partial charge in [0.2, 0.25) is 0 Å². The second-order valence-electron chi connectivity index (χ2n) is 6.96. The van der Waals surface area contributed by atoms with E-state index in [9.17, 15) is 0 Å². The highest BCUT2D eigenvalue weighted by atomic mass is 16.5. The van der Waals surface area contributed by atoms with Gasteiger partial charge in [0.05, 0.1) is 12.3 Å². The fourth-order valence-corrected chi connectivity index (χ4v) is 3.12. The fraction of sp³-hybridized carbons (Fsp3) is 0.320. The van der Waals surface area contributed by atoms with Gasteiger partial charge in [-0.05, 0) is 54.2 Å². The molecule has 0 unspecified atom stereocenters. The summed E-state index contributed by atoms with van der Waals surface area (Å²) in [6.45, 7) is 5.11. The van der Waals surface area contributed by atoms with E-state index >= 15 is 0 Å². The second kappa shape index (κ2) is 9.91. The largest absolute Gasteiger partial charge is 0.494 e. The molecule has 0 aliphatic rings. The molecule has 0 atom stereocenters. The van der Waals surface area contributed by atoms with E-state index < -0.39 is 0 Å². The molecule has 1 aromatic heterocycles. The third-order valence-corrected chi connectivity index (χ3v) is 4.73. The average Bonchev–Trinajstić information content (AvgIpc) is 2.73. The molecule has 3 rings (SSSR count). The molecule has 0 aliphatic heterocycles. The van der Waals surface area contributed by atoms with Crippen LogP contribution >= 0.6 is 0 Å². The Morgan fingerprint density at radius 1 is 0.704 bits per heavy atom. The third kappa shape index (κ3) is 5.43. The van der Waals surface area contributed by atoms with Crippen molar-refractivity contribution in [3.8, 4) is 28.1 Å². The van der Waals surface area contributed by atoms with E-state index in [1.807, 2.05) is 18.3 Å². The Morgan fingerprint density at radius 2 is 1.37 bits per heavy atom. The fourth-order valence-electron chi connectivity index (χ4n) is 3.12. The molecule has 0 bridgehead atoms. The number of hydrogen-bond acceptors (Lipinski definition) is 2. The highest BCUT2D eigenvalue weighted by molar-refractivity contribution is 5.69. The molecule has 0 amide bonds. The van der Waals surface area contributed by atoms with Crippen molar-refractivity contribution in [1.82, 2.24) is 4.98 Å². The molecule has 0 radical (unpaired) electrons. The number of rotatable bonds is 9. The SMILES string of the molecule is CCCCCc1ccc(-c2ccc(-c3ccc(OCCC)cc3)cc2)nc1. The maximum atomic E-state index is 5.66. The molecular formula is C25H29NO. The Bertz CT molecular complexity index is 804. The molecular weight excluding hydrogens is 330 g/mol. The minimum absolute atomic E-state index is 0.762. The zero-order valence-corrected chi connectivity index (χ0v) is 16.4. The number of aryl methyl sites for hydroxylation is 1. The summed E-state index contributed by atoms with van der Waals surface area (Å²) in [5, 5.41) is 0. The summed E-state index contributed by atoms with van der Waals surface area (Å²) in [4.78, 5) is 4.65. The number of pyridine rings is 1. The second-order valence-corrected chi connectivity index (χ2v) is 6.96. The first-order valence-electron chi connectivity index (χ1n) is 10.1. The highest BCUT2D eigenvalue weighted by Crippen LogP contribution is 2.26. The number of unbranched alkanes of at least 4 members (excludes halogenated alkanes) is 2. The zero-order chi connectivity index (χ0) is 18.9. The number of ether oxygens (including phenoxy) is 1.